The minimum absolute atomic E-state index is 0.260. The van der Waals surface area contributed by atoms with Gasteiger partial charge in [0, 0.05) is 25.0 Å². The van der Waals surface area contributed by atoms with Crippen LogP contribution in [0.5, 0.6) is 0 Å². The molecule has 0 aromatic rings. The van der Waals surface area contributed by atoms with Crippen molar-refractivity contribution in [3.8, 4) is 0 Å². The SMILES string of the molecule is NCC1CCCC1C(=O)C1CCOCC1. The van der Waals surface area contributed by atoms with E-state index in [2.05, 4.69) is 0 Å². The molecule has 2 atom stereocenters. The third-order valence-corrected chi connectivity index (χ3v) is 3.95. The van der Waals surface area contributed by atoms with Crippen molar-refractivity contribution in [3.63, 3.8) is 0 Å². The molecule has 0 aromatic heterocycles. The van der Waals surface area contributed by atoms with Gasteiger partial charge in [0.15, 0.2) is 0 Å². The number of ether oxygens (including phenoxy) is 1. The summed E-state index contributed by atoms with van der Waals surface area (Å²) < 4.78 is 5.29. The minimum atomic E-state index is 0.260. The summed E-state index contributed by atoms with van der Waals surface area (Å²) in [4.78, 5) is 12.3. The zero-order valence-electron chi connectivity index (χ0n) is 9.28. The highest BCUT2D eigenvalue weighted by atomic mass is 16.5. The van der Waals surface area contributed by atoms with E-state index in [-0.39, 0.29) is 11.8 Å². The lowest BCUT2D eigenvalue weighted by Gasteiger charge is -2.26. The number of carbonyl (C=O) groups excluding carboxylic acids is 1. The van der Waals surface area contributed by atoms with Gasteiger partial charge in [-0.15, -0.1) is 0 Å². The van der Waals surface area contributed by atoms with Crippen LogP contribution in [0.25, 0.3) is 0 Å². The van der Waals surface area contributed by atoms with Crippen LogP contribution in [-0.2, 0) is 9.53 Å². The molecule has 1 saturated carbocycles. The molecule has 0 amide bonds. The van der Waals surface area contributed by atoms with E-state index in [0.29, 0.717) is 18.2 Å². The van der Waals surface area contributed by atoms with Crippen LogP contribution < -0.4 is 5.73 Å². The molecule has 3 nitrogen and oxygen atoms in total. The molecule has 0 spiro atoms. The average Bonchev–Trinajstić information content (AvgIpc) is 2.77. The monoisotopic (exact) mass is 211 g/mol. The summed E-state index contributed by atoms with van der Waals surface area (Å²) in [5.41, 5.74) is 5.71. The maximum absolute atomic E-state index is 12.3. The van der Waals surface area contributed by atoms with E-state index < -0.39 is 0 Å². The van der Waals surface area contributed by atoms with E-state index in [1.165, 1.54) is 6.42 Å². The van der Waals surface area contributed by atoms with Gasteiger partial charge in [-0.1, -0.05) is 6.42 Å². The van der Waals surface area contributed by atoms with Crippen molar-refractivity contribution in [1.82, 2.24) is 0 Å². The van der Waals surface area contributed by atoms with Crippen LogP contribution in [-0.4, -0.2) is 25.5 Å². The predicted molar refractivity (Wildman–Crippen MR) is 58.4 cm³/mol. The molecule has 2 aliphatic rings. The summed E-state index contributed by atoms with van der Waals surface area (Å²) >= 11 is 0. The molecule has 1 saturated heterocycles. The molecule has 0 bridgehead atoms. The van der Waals surface area contributed by atoms with E-state index in [9.17, 15) is 4.79 Å². The van der Waals surface area contributed by atoms with Crippen LogP contribution in [0.15, 0.2) is 0 Å². The highest BCUT2D eigenvalue weighted by Crippen LogP contribution is 2.35. The maximum Gasteiger partial charge on any atom is 0.139 e. The zero-order chi connectivity index (χ0) is 10.7. The standard InChI is InChI=1S/C12H21NO2/c13-8-10-2-1-3-11(10)12(14)9-4-6-15-7-5-9/h9-11H,1-8,13H2. The quantitative estimate of drug-likeness (QED) is 0.766. The molecule has 1 aliphatic carbocycles. The van der Waals surface area contributed by atoms with Crippen LogP contribution in [0.4, 0.5) is 0 Å². The molecule has 0 radical (unpaired) electrons. The van der Waals surface area contributed by atoms with E-state index in [1.807, 2.05) is 0 Å². The Labute approximate surface area is 91.4 Å². The van der Waals surface area contributed by atoms with Gasteiger partial charge in [0.2, 0.25) is 0 Å². The molecular formula is C12H21NO2. The van der Waals surface area contributed by atoms with Gasteiger partial charge in [-0.3, -0.25) is 4.79 Å². The Morgan fingerprint density at radius 2 is 1.93 bits per heavy atom. The lowest BCUT2D eigenvalue weighted by Crippen LogP contribution is -2.33. The van der Waals surface area contributed by atoms with Gasteiger partial charge < -0.3 is 10.5 Å². The van der Waals surface area contributed by atoms with Crippen molar-refractivity contribution in [3.05, 3.63) is 0 Å². The molecule has 1 aliphatic heterocycles. The van der Waals surface area contributed by atoms with E-state index in [0.717, 1.165) is 38.9 Å². The first-order chi connectivity index (χ1) is 7.33. The zero-order valence-corrected chi connectivity index (χ0v) is 9.28. The summed E-state index contributed by atoms with van der Waals surface area (Å²) in [6.07, 6.45) is 5.24. The largest absolute Gasteiger partial charge is 0.381 e. The molecule has 2 N–H and O–H groups in total. The maximum atomic E-state index is 12.3. The van der Waals surface area contributed by atoms with Gasteiger partial charge in [-0.2, -0.15) is 0 Å². The van der Waals surface area contributed by atoms with Crippen LogP contribution in [0.1, 0.15) is 32.1 Å². The Morgan fingerprint density at radius 3 is 2.60 bits per heavy atom. The fraction of sp³-hybridized carbons (Fsp3) is 0.917. The van der Waals surface area contributed by atoms with Crippen LogP contribution >= 0.6 is 0 Å². The molecule has 0 aromatic carbocycles. The highest BCUT2D eigenvalue weighted by Gasteiger charge is 2.35. The van der Waals surface area contributed by atoms with E-state index in [1.54, 1.807) is 0 Å². The van der Waals surface area contributed by atoms with Gasteiger partial charge in [-0.25, -0.2) is 0 Å². The Hall–Kier alpha value is -0.410. The van der Waals surface area contributed by atoms with Crippen LogP contribution in [0.2, 0.25) is 0 Å². The van der Waals surface area contributed by atoms with Crippen molar-refractivity contribution in [1.29, 1.82) is 0 Å². The number of rotatable bonds is 3. The highest BCUT2D eigenvalue weighted by molar-refractivity contribution is 5.84. The molecule has 2 unspecified atom stereocenters. The fourth-order valence-electron chi connectivity index (χ4n) is 2.98. The van der Waals surface area contributed by atoms with Crippen molar-refractivity contribution in [2.24, 2.45) is 23.5 Å². The number of Topliss-reactive ketones (excluding diaryl/α,β-unsaturated/α-hetero) is 1. The molecule has 3 heteroatoms. The normalized spacial score (nSPS) is 33.1. The lowest BCUT2D eigenvalue weighted by molar-refractivity contribution is -0.130. The number of carbonyl (C=O) groups is 1. The molecule has 1 heterocycles. The van der Waals surface area contributed by atoms with Gasteiger partial charge in [0.25, 0.3) is 0 Å². The third-order valence-electron chi connectivity index (χ3n) is 3.95. The smallest absolute Gasteiger partial charge is 0.139 e. The summed E-state index contributed by atoms with van der Waals surface area (Å²) in [7, 11) is 0. The average molecular weight is 211 g/mol. The van der Waals surface area contributed by atoms with Gasteiger partial charge in [0.05, 0.1) is 0 Å². The Balaban J connectivity index is 1.93. The second-order valence-electron chi connectivity index (χ2n) is 4.82. The first-order valence-electron chi connectivity index (χ1n) is 6.14. The van der Waals surface area contributed by atoms with Gasteiger partial charge in [-0.05, 0) is 38.1 Å². The van der Waals surface area contributed by atoms with Crippen molar-refractivity contribution in [2.45, 2.75) is 32.1 Å². The number of nitrogens with two attached hydrogens (primary N) is 1. The first kappa shape index (κ1) is 11.1. The number of ketones is 1. The second kappa shape index (κ2) is 5.08. The summed E-state index contributed by atoms with van der Waals surface area (Å²) in [5, 5.41) is 0. The third kappa shape index (κ3) is 2.40. The van der Waals surface area contributed by atoms with Crippen LogP contribution in [0, 0.1) is 17.8 Å². The fourth-order valence-corrected chi connectivity index (χ4v) is 2.98. The van der Waals surface area contributed by atoms with Gasteiger partial charge >= 0.3 is 0 Å². The van der Waals surface area contributed by atoms with E-state index >= 15 is 0 Å². The predicted octanol–water partition coefficient (Wildman–Crippen LogP) is 1.36. The minimum Gasteiger partial charge on any atom is -0.381 e. The lowest BCUT2D eigenvalue weighted by atomic mass is 9.82. The molecule has 2 rings (SSSR count). The molecule has 2 fully saturated rings. The number of hydrogen-bond donors (Lipinski definition) is 1. The van der Waals surface area contributed by atoms with Gasteiger partial charge in [0.1, 0.15) is 5.78 Å². The topological polar surface area (TPSA) is 52.3 Å². The summed E-state index contributed by atoms with van der Waals surface area (Å²) in [5.74, 6) is 1.46. The van der Waals surface area contributed by atoms with Crippen molar-refractivity contribution in [2.75, 3.05) is 19.8 Å². The van der Waals surface area contributed by atoms with Crippen molar-refractivity contribution < 1.29 is 9.53 Å². The Kier molecular flexibility index (Phi) is 3.76. The Morgan fingerprint density at radius 1 is 1.20 bits per heavy atom. The van der Waals surface area contributed by atoms with E-state index in [4.69, 9.17) is 10.5 Å². The Bertz CT molecular complexity index is 224. The summed E-state index contributed by atoms with van der Waals surface area (Å²) in [6.45, 7) is 2.20. The summed E-state index contributed by atoms with van der Waals surface area (Å²) in [6, 6.07) is 0. The molecule has 86 valence electrons. The second-order valence-corrected chi connectivity index (χ2v) is 4.82. The van der Waals surface area contributed by atoms with Crippen LogP contribution in [0.3, 0.4) is 0 Å². The van der Waals surface area contributed by atoms with Crippen molar-refractivity contribution >= 4 is 5.78 Å². The number of hydrogen-bond acceptors (Lipinski definition) is 3. The molecule has 15 heavy (non-hydrogen) atoms. The molecular weight excluding hydrogens is 190 g/mol. The first-order valence-corrected chi connectivity index (χ1v) is 6.14.